The summed E-state index contributed by atoms with van der Waals surface area (Å²) >= 11 is 1.90. The molecular weight excluding hydrogens is 302 g/mol. The van der Waals surface area contributed by atoms with Gasteiger partial charge in [0.15, 0.2) is 11.5 Å². The van der Waals surface area contributed by atoms with E-state index in [1.54, 1.807) is 12.3 Å². The minimum atomic E-state index is -0.00810. The van der Waals surface area contributed by atoms with Gasteiger partial charge in [-0.25, -0.2) is 0 Å². The van der Waals surface area contributed by atoms with Gasteiger partial charge in [-0.2, -0.15) is 16.9 Å². The first-order chi connectivity index (χ1) is 10.8. The predicted octanol–water partition coefficient (Wildman–Crippen LogP) is 2.02. The quantitative estimate of drug-likeness (QED) is 0.917. The lowest BCUT2D eigenvalue weighted by atomic mass is 10.1. The van der Waals surface area contributed by atoms with Gasteiger partial charge in [0.1, 0.15) is 5.69 Å². The van der Waals surface area contributed by atoms with Crippen molar-refractivity contribution >= 4 is 17.7 Å². The molecule has 116 valence electrons. The molecule has 22 heavy (non-hydrogen) atoms. The Balaban J connectivity index is 1.56. The second-order valence-corrected chi connectivity index (χ2v) is 6.83. The number of carbonyl (C=O) groups is 1. The standard InChI is InChI=1S/C15H17N3O3S/c19-15(11-8-10(16-17-11)13-2-1-5-21-13)18-4-7-22-14-9-20-6-3-12(14)18/h1-2,5,8,12,14H,3-4,6-7,9H2,(H,16,17)/t12-,14+/m0/s1. The molecule has 0 unspecified atom stereocenters. The normalized spacial score (nSPS) is 25.0. The van der Waals surface area contributed by atoms with Crippen LogP contribution in [0.1, 0.15) is 16.9 Å². The summed E-state index contributed by atoms with van der Waals surface area (Å²) in [7, 11) is 0. The van der Waals surface area contributed by atoms with Crippen molar-refractivity contribution in [3.8, 4) is 11.5 Å². The number of fused-ring (bicyclic) bond motifs is 1. The van der Waals surface area contributed by atoms with Crippen LogP contribution in [0.5, 0.6) is 0 Å². The van der Waals surface area contributed by atoms with Crippen LogP contribution in [0.2, 0.25) is 0 Å². The minimum Gasteiger partial charge on any atom is -0.463 e. The number of ether oxygens (including phenoxy) is 1. The third kappa shape index (κ3) is 2.44. The van der Waals surface area contributed by atoms with E-state index in [9.17, 15) is 4.79 Å². The average Bonchev–Trinajstić information content (AvgIpc) is 3.24. The van der Waals surface area contributed by atoms with Gasteiger partial charge in [0.2, 0.25) is 0 Å². The predicted molar refractivity (Wildman–Crippen MR) is 82.8 cm³/mol. The van der Waals surface area contributed by atoms with Crippen LogP contribution in [0.4, 0.5) is 0 Å². The van der Waals surface area contributed by atoms with Gasteiger partial charge < -0.3 is 14.1 Å². The van der Waals surface area contributed by atoms with Gasteiger partial charge in [0.25, 0.3) is 5.91 Å². The van der Waals surface area contributed by atoms with Crippen molar-refractivity contribution in [2.45, 2.75) is 17.7 Å². The maximum atomic E-state index is 12.8. The van der Waals surface area contributed by atoms with Crippen LogP contribution in [-0.2, 0) is 4.74 Å². The van der Waals surface area contributed by atoms with Crippen LogP contribution >= 0.6 is 11.8 Å². The molecule has 0 radical (unpaired) electrons. The number of hydrogen-bond donors (Lipinski definition) is 1. The zero-order valence-corrected chi connectivity index (χ0v) is 12.8. The fourth-order valence-corrected chi connectivity index (χ4v) is 4.38. The molecule has 2 aliphatic heterocycles. The third-order valence-electron chi connectivity index (χ3n) is 4.18. The third-order valence-corrected chi connectivity index (χ3v) is 5.47. The van der Waals surface area contributed by atoms with Crippen molar-refractivity contribution < 1.29 is 13.9 Å². The molecule has 1 amide bonds. The molecule has 2 fully saturated rings. The van der Waals surface area contributed by atoms with Crippen LogP contribution in [0.25, 0.3) is 11.5 Å². The summed E-state index contributed by atoms with van der Waals surface area (Å²) in [5.41, 5.74) is 1.17. The highest BCUT2D eigenvalue weighted by Crippen LogP contribution is 2.31. The SMILES string of the molecule is O=C(c1cc(-c2ccco2)[nH]n1)N1CCS[C@@H]2COCC[C@@H]21. The highest BCUT2D eigenvalue weighted by atomic mass is 32.2. The molecule has 2 aromatic rings. The van der Waals surface area contributed by atoms with Crippen molar-refractivity contribution in [1.82, 2.24) is 15.1 Å². The number of carbonyl (C=O) groups excluding carboxylic acids is 1. The summed E-state index contributed by atoms with van der Waals surface area (Å²) in [6.07, 6.45) is 2.50. The zero-order chi connectivity index (χ0) is 14.9. The molecule has 0 aromatic carbocycles. The number of nitrogens with zero attached hydrogens (tertiary/aromatic N) is 2. The fraction of sp³-hybridized carbons (Fsp3) is 0.467. The van der Waals surface area contributed by atoms with E-state index in [-0.39, 0.29) is 11.9 Å². The number of aromatic nitrogens is 2. The van der Waals surface area contributed by atoms with Crippen LogP contribution in [-0.4, -0.2) is 57.8 Å². The lowest BCUT2D eigenvalue weighted by Gasteiger charge is -2.43. The Morgan fingerprint density at radius 1 is 1.50 bits per heavy atom. The van der Waals surface area contributed by atoms with Gasteiger partial charge in [-0.1, -0.05) is 0 Å². The molecule has 2 atom stereocenters. The molecule has 2 saturated heterocycles. The van der Waals surface area contributed by atoms with E-state index in [0.29, 0.717) is 16.7 Å². The first-order valence-electron chi connectivity index (χ1n) is 7.42. The first kappa shape index (κ1) is 13.9. The molecule has 2 aromatic heterocycles. The molecule has 0 aliphatic carbocycles. The summed E-state index contributed by atoms with van der Waals surface area (Å²) < 4.78 is 10.9. The number of hydrogen-bond acceptors (Lipinski definition) is 5. The van der Waals surface area contributed by atoms with E-state index in [1.807, 2.05) is 28.8 Å². The lowest BCUT2D eigenvalue weighted by Crippen LogP contribution is -2.54. The zero-order valence-electron chi connectivity index (χ0n) is 12.0. The Labute approximate surface area is 132 Å². The molecule has 4 rings (SSSR count). The summed E-state index contributed by atoms with van der Waals surface area (Å²) in [5, 5.41) is 7.43. The molecule has 1 N–H and O–H groups in total. The fourth-order valence-electron chi connectivity index (χ4n) is 3.07. The van der Waals surface area contributed by atoms with Crippen molar-refractivity contribution in [2.75, 3.05) is 25.5 Å². The van der Waals surface area contributed by atoms with Gasteiger partial charge >= 0.3 is 0 Å². The van der Waals surface area contributed by atoms with E-state index in [0.717, 1.165) is 37.6 Å². The second-order valence-electron chi connectivity index (χ2n) is 5.48. The summed E-state index contributed by atoms with van der Waals surface area (Å²) in [4.78, 5) is 14.8. The van der Waals surface area contributed by atoms with Crippen molar-refractivity contribution in [3.63, 3.8) is 0 Å². The van der Waals surface area contributed by atoms with Crippen LogP contribution in [0.15, 0.2) is 28.9 Å². The molecule has 7 heteroatoms. The smallest absolute Gasteiger partial charge is 0.274 e. The van der Waals surface area contributed by atoms with Gasteiger partial charge in [-0.3, -0.25) is 9.89 Å². The molecule has 0 saturated carbocycles. The van der Waals surface area contributed by atoms with Crippen molar-refractivity contribution in [2.24, 2.45) is 0 Å². The highest BCUT2D eigenvalue weighted by molar-refractivity contribution is 8.00. The summed E-state index contributed by atoms with van der Waals surface area (Å²) in [6.45, 7) is 2.23. The number of amides is 1. The van der Waals surface area contributed by atoms with Crippen molar-refractivity contribution in [3.05, 3.63) is 30.2 Å². The molecule has 0 bridgehead atoms. The van der Waals surface area contributed by atoms with E-state index < -0.39 is 0 Å². The van der Waals surface area contributed by atoms with E-state index in [1.165, 1.54) is 0 Å². The number of rotatable bonds is 2. The van der Waals surface area contributed by atoms with Gasteiger partial charge in [-0.05, 0) is 18.6 Å². The Hall–Kier alpha value is -1.73. The maximum Gasteiger partial charge on any atom is 0.274 e. The topological polar surface area (TPSA) is 71.4 Å². The number of H-pyrrole nitrogens is 1. The first-order valence-corrected chi connectivity index (χ1v) is 8.47. The minimum absolute atomic E-state index is 0.00810. The Morgan fingerprint density at radius 3 is 3.32 bits per heavy atom. The Morgan fingerprint density at radius 2 is 2.45 bits per heavy atom. The van der Waals surface area contributed by atoms with Crippen LogP contribution in [0, 0.1) is 0 Å². The Kier molecular flexibility index (Phi) is 3.67. The number of thioether (sulfide) groups is 1. The maximum absolute atomic E-state index is 12.8. The van der Waals surface area contributed by atoms with E-state index in [2.05, 4.69) is 10.2 Å². The molecule has 4 heterocycles. The van der Waals surface area contributed by atoms with E-state index in [4.69, 9.17) is 9.15 Å². The molecule has 0 spiro atoms. The van der Waals surface area contributed by atoms with Gasteiger partial charge in [0, 0.05) is 36.3 Å². The number of furan rings is 1. The second kappa shape index (κ2) is 5.81. The van der Waals surface area contributed by atoms with E-state index >= 15 is 0 Å². The largest absolute Gasteiger partial charge is 0.463 e. The molecular formula is C15H17N3O3S. The van der Waals surface area contributed by atoms with Crippen LogP contribution < -0.4 is 0 Å². The van der Waals surface area contributed by atoms with Gasteiger partial charge in [-0.15, -0.1) is 0 Å². The Bertz CT molecular complexity index is 653. The summed E-state index contributed by atoms with van der Waals surface area (Å²) in [6, 6.07) is 5.67. The summed E-state index contributed by atoms with van der Waals surface area (Å²) in [5.74, 6) is 1.63. The molecule has 2 aliphatic rings. The number of aromatic amines is 1. The highest BCUT2D eigenvalue weighted by Gasteiger charge is 2.37. The average molecular weight is 319 g/mol. The monoisotopic (exact) mass is 319 g/mol. The van der Waals surface area contributed by atoms with Gasteiger partial charge in [0.05, 0.1) is 12.9 Å². The molecule has 6 nitrogen and oxygen atoms in total. The number of nitrogens with one attached hydrogen (secondary N) is 1. The van der Waals surface area contributed by atoms with Crippen LogP contribution in [0.3, 0.4) is 0 Å². The lowest BCUT2D eigenvalue weighted by molar-refractivity contribution is 0.0315. The van der Waals surface area contributed by atoms with Crippen molar-refractivity contribution in [1.29, 1.82) is 0 Å².